The molecule has 0 bridgehead atoms. The molecule has 0 aromatic carbocycles. The first-order valence-corrected chi connectivity index (χ1v) is 10.5. The Hall–Kier alpha value is -2.53. The molecule has 0 N–H and O–H groups in total. The van der Waals surface area contributed by atoms with Crippen molar-refractivity contribution in [2.24, 2.45) is 0 Å². The fraction of sp³-hybridized carbons (Fsp3) is 0.526. The van der Waals surface area contributed by atoms with Crippen LogP contribution in [0.1, 0.15) is 44.1 Å². The molecule has 0 radical (unpaired) electrons. The molecular formula is C19H21N7S. The maximum absolute atomic E-state index is 9.71. The topological polar surface area (TPSA) is 81.8 Å². The summed E-state index contributed by atoms with van der Waals surface area (Å²) in [5.74, 6) is 1.73. The van der Waals surface area contributed by atoms with E-state index in [1.807, 2.05) is 6.07 Å². The minimum atomic E-state index is 0.627. The molecule has 2 fully saturated rings. The summed E-state index contributed by atoms with van der Waals surface area (Å²) in [6, 6.07) is 4.29. The summed E-state index contributed by atoms with van der Waals surface area (Å²) in [5.41, 5.74) is 1.45. The molecule has 0 saturated carbocycles. The van der Waals surface area contributed by atoms with E-state index in [1.165, 1.54) is 25.7 Å². The number of hydrogen-bond acceptors (Lipinski definition) is 8. The number of piperidine rings is 2. The van der Waals surface area contributed by atoms with E-state index < -0.39 is 0 Å². The lowest BCUT2D eigenvalue weighted by molar-refractivity contribution is 0.571. The molecule has 0 spiro atoms. The fourth-order valence-corrected chi connectivity index (χ4v) is 5.25. The third-order valence-corrected chi connectivity index (χ3v) is 6.64. The monoisotopic (exact) mass is 379 g/mol. The molecule has 2 aliphatic rings. The van der Waals surface area contributed by atoms with Crippen molar-refractivity contribution < 1.29 is 0 Å². The Labute approximate surface area is 161 Å². The minimum absolute atomic E-state index is 0.627. The quantitative estimate of drug-likeness (QED) is 0.674. The molecule has 0 atom stereocenters. The third kappa shape index (κ3) is 2.86. The van der Waals surface area contributed by atoms with E-state index in [1.54, 1.807) is 11.3 Å². The van der Waals surface area contributed by atoms with E-state index in [9.17, 15) is 5.26 Å². The molecule has 8 heteroatoms. The van der Waals surface area contributed by atoms with Crippen molar-refractivity contribution in [3.05, 3.63) is 11.6 Å². The second kappa shape index (κ2) is 6.89. The Morgan fingerprint density at radius 3 is 2.22 bits per heavy atom. The number of fused-ring (bicyclic) bond motifs is 3. The van der Waals surface area contributed by atoms with E-state index in [0.29, 0.717) is 5.56 Å². The lowest BCUT2D eigenvalue weighted by Gasteiger charge is -2.28. The summed E-state index contributed by atoms with van der Waals surface area (Å²) in [7, 11) is 0. The zero-order chi connectivity index (χ0) is 18.2. The second-order valence-corrected chi connectivity index (χ2v) is 8.31. The standard InChI is InChI=1S/C19H21N7S/c20-12-13-11-14-15-16(18(23-24-22-15)26-9-5-2-6-10-26)27-19(14)21-17(13)25-7-3-1-4-8-25/h11H,1-10H2. The first kappa shape index (κ1) is 16.6. The van der Waals surface area contributed by atoms with Crippen LogP contribution < -0.4 is 9.80 Å². The summed E-state index contributed by atoms with van der Waals surface area (Å²) in [4.78, 5) is 10.4. The van der Waals surface area contributed by atoms with Crippen molar-refractivity contribution >= 4 is 43.4 Å². The summed E-state index contributed by atoms with van der Waals surface area (Å²) >= 11 is 1.63. The SMILES string of the molecule is N#Cc1cc2c(nc1N1CCCCC1)sc1c(N3CCCCC3)nnnc12. The molecule has 0 unspecified atom stereocenters. The van der Waals surface area contributed by atoms with Crippen molar-refractivity contribution in [2.45, 2.75) is 38.5 Å². The van der Waals surface area contributed by atoms with Crippen LogP contribution in [0.15, 0.2) is 6.07 Å². The summed E-state index contributed by atoms with van der Waals surface area (Å²) in [6.07, 6.45) is 7.22. The lowest BCUT2D eigenvalue weighted by atomic mass is 10.1. The highest BCUT2D eigenvalue weighted by atomic mass is 32.1. The van der Waals surface area contributed by atoms with Gasteiger partial charge in [0.15, 0.2) is 5.82 Å². The highest BCUT2D eigenvalue weighted by Crippen LogP contribution is 2.38. The molecule has 27 heavy (non-hydrogen) atoms. The van der Waals surface area contributed by atoms with E-state index in [-0.39, 0.29) is 0 Å². The number of rotatable bonds is 2. The number of anilines is 2. The van der Waals surface area contributed by atoms with E-state index in [4.69, 9.17) is 4.98 Å². The van der Waals surface area contributed by atoms with Crippen molar-refractivity contribution in [1.29, 1.82) is 5.26 Å². The van der Waals surface area contributed by atoms with Gasteiger partial charge in [0, 0.05) is 31.6 Å². The van der Waals surface area contributed by atoms with Gasteiger partial charge in [0.25, 0.3) is 0 Å². The number of thiophene rings is 1. The van der Waals surface area contributed by atoms with Crippen molar-refractivity contribution in [3.8, 4) is 6.07 Å². The predicted molar refractivity (Wildman–Crippen MR) is 107 cm³/mol. The Bertz CT molecular complexity index is 1030. The van der Waals surface area contributed by atoms with Crippen LogP contribution in [-0.2, 0) is 0 Å². The molecule has 3 aromatic heterocycles. The van der Waals surface area contributed by atoms with Crippen LogP contribution in [0.3, 0.4) is 0 Å². The van der Waals surface area contributed by atoms with Crippen LogP contribution in [0.5, 0.6) is 0 Å². The van der Waals surface area contributed by atoms with Gasteiger partial charge in [0.05, 0.1) is 5.56 Å². The van der Waals surface area contributed by atoms with Crippen LogP contribution in [0.4, 0.5) is 11.6 Å². The predicted octanol–water partition coefficient (Wildman–Crippen LogP) is 3.49. The Balaban J connectivity index is 1.67. The smallest absolute Gasteiger partial charge is 0.172 e. The molecule has 3 aromatic rings. The number of pyridine rings is 1. The zero-order valence-corrected chi connectivity index (χ0v) is 16.0. The number of nitrogens with zero attached hydrogens (tertiary/aromatic N) is 7. The molecule has 0 aliphatic carbocycles. The lowest BCUT2D eigenvalue weighted by Crippen LogP contribution is -2.30. The number of aromatic nitrogens is 4. The largest absolute Gasteiger partial charge is 0.355 e. The summed E-state index contributed by atoms with van der Waals surface area (Å²) in [5, 5.41) is 23.3. The van der Waals surface area contributed by atoms with E-state index in [0.717, 1.165) is 71.1 Å². The molecule has 2 saturated heterocycles. The van der Waals surface area contributed by atoms with Gasteiger partial charge >= 0.3 is 0 Å². The van der Waals surface area contributed by atoms with Crippen molar-refractivity contribution in [2.75, 3.05) is 36.0 Å². The van der Waals surface area contributed by atoms with Gasteiger partial charge in [-0.05, 0) is 49.8 Å². The van der Waals surface area contributed by atoms with Gasteiger partial charge in [-0.25, -0.2) is 4.98 Å². The first-order chi connectivity index (χ1) is 13.3. The Morgan fingerprint density at radius 2 is 1.56 bits per heavy atom. The second-order valence-electron chi connectivity index (χ2n) is 7.31. The highest BCUT2D eigenvalue weighted by Gasteiger charge is 2.23. The van der Waals surface area contributed by atoms with Crippen molar-refractivity contribution in [1.82, 2.24) is 20.4 Å². The average molecular weight is 379 g/mol. The van der Waals surface area contributed by atoms with Crippen molar-refractivity contribution in [3.63, 3.8) is 0 Å². The fourth-order valence-electron chi connectivity index (χ4n) is 4.15. The normalized spacial score (nSPS) is 18.2. The van der Waals surface area contributed by atoms with Crippen LogP contribution >= 0.6 is 11.3 Å². The van der Waals surface area contributed by atoms with Gasteiger partial charge in [0.1, 0.15) is 26.9 Å². The van der Waals surface area contributed by atoms with Gasteiger partial charge in [-0.2, -0.15) is 5.26 Å². The highest BCUT2D eigenvalue weighted by molar-refractivity contribution is 7.26. The van der Waals surface area contributed by atoms with Gasteiger partial charge in [-0.15, -0.1) is 21.5 Å². The zero-order valence-electron chi connectivity index (χ0n) is 15.2. The summed E-state index contributed by atoms with van der Waals surface area (Å²) in [6.45, 7) is 3.97. The van der Waals surface area contributed by atoms with E-state index in [2.05, 4.69) is 31.3 Å². The van der Waals surface area contributed by atoms with E-state index >= 15 is 0 Å². The average Bonchev–Trinajstić information content (AvgIpc) is 3.11. The van der Waals surface area contributed by atoms with Crippen LogP contribution in [0, 0.1) is 11.3 Å². The molecule has 2 aliphatic heterocycles. The molecule has 5 rings (SSSR count). The minimum Gasteiger partial charge on any atom is -0.355 e. The number of hydrogen-bond donors (Lipinski definition) is 0. The molecule has 7 nitrogen and oxygen atoms in total. The van der Waals surface area contributed by atoms with Crippen LogP contribution in [0.2, 0.25) is 0 Å². The Morgan fingerprint density at radius 1 is 0.889 bits per heavy atom. The van der Waals surface area contributed by atoms with Gasteiger partial charge < -0.3 is 9.80 Å². The maximum Gasteiger partial charge on any atom is 0.172 e. The molecule has 5 heterocycles. The van der Waals surface area contributed by atoms with Gasteiger partial charge in [-0.1, -0.05) is 0 Å². The van der Waals surface area contributed by atoms with Gasteiger partial charge in [0.2, 0.25) is 0 Å². The molecular weight excluding hydrogens is 358 g/mol. The molecule has 138 valence electrons. The first-order valence-electron chi connectivity index (χ1n) is 9.72. The molecule has 0 amide bonds. The third-order valence-electron chi connectivity index (χ3n) is 5.56. The van der Waals surface area contributed by atoms with Crippen LogP contribution in [0.25, 0.3) is 20.4 Å². The Kier molecular flexibility index (Phi) is 4.24. The maximum atomic E-state index is 9.71. The number of nitriles is 1. The van der Waals surface area contributed by atoms with Gasteiger partial charge in [-0.3, -0.25) is 0 Å². The summed E-state index contributed by atoms with van der Waals surface area (Å²) < 4.78 is 1.04. The van der Waals surface area contributed by atoms with Crippen LogP contribution in [-0.4, -0.2) is 46.6 Å².